The van der Waals surface area contributed by atoms with Crippen LogP contribution in [-0.2, 0) is 17.6 Å². The summed E-state index contributed by atoms with van der Waals surface area (Å²) in [6.45, 7) is 6.13. The van der Waals surface area contributed by atoms with E-state index in [4.69, 9.17) is 4.74 Å². The standard InChI is InChI=1S/C17H26N2O/c1-13(18-11-17-12-19(2)8-9-20-17)15-7-6-14-4-3-5-16(14)10-15/h6-7,10,13,17-18H,3-5,8-9,11-12H2,1-2H3. The molecule has 0 saturated carbocycles. The van der Waals surface area contributed by atoms with E-state index >= 15 is 0 Å². The van der Waals surface area contributed by atoms with Gasteiger partial charge in [0.25, 0.3) is 0 Å². The van der Waals surface area contributed by atoms with Crippen molar-refractivity contribution in [2.45, 2.75) is 38.3 Å². The van der Waals surface area contributed by atoms with Gasteiger partial charge in [-0.05, 0) is 49.9 Å². The monoisotopic (exact) mass is 274 g/mol. The van der Waals surface area contributed by atoms with Crippen LogP contribution in [0.4, 0.5) is 0 Å². The molecule has 0 spiro atoms. The highest BCUT2D eigenvalue weighted by Gasteiger charge is 2.19. The molecule has 0 radical (unpaired) electrons. The maximum atomic E-state index is 5.80. The molecule has 110 valence electrons. The molecule has 2 atom stereocenters. The highest BCUT2D eigenvalue weighted by Crippen LogP contribution is 2.25. The van der Waals surface area contributed by atoms with Gasteiger partial charge in [0.15, 0.2) is 0 Å². The van der Waals surface area contributed by atoms with Crippen molar-refractivity contribution < 1.29 is 4.74 Å². The first-order valence-electron chi connectivity index (χ1n) is 7.87. The number of rotatable bonds is 4. The Labute approximate surface area is 122 Å². The van der Waals surface area contributed by atoms with E-state index in [0.717, 1.165) is 26.2 Å². The zero-order valence-corrected chi connectivity index (χ0v) is 12.7. The summed E-state index contributed by atoms with van der Waals surface area (Å²) in [6, 6.07) is 7.40. The van der Waals surface area contributed by atoms with Gasteiger partial charge in [-0.1, -0.05) is 18.2 Å². The Kier molecular flexibility index (Phi) is 4.39. The summed E-state index contributed by atoms with van der Waals surface area (Å²) in [4.78, 5) is 2.34. The summed E-state index contributed by atoms with van der Waals surface area (Å²) in [5, 5.41) is 3.63. The lowest BCUT2D eigenvalue weighted by molar-refractivity contribution is -0.0190. The molecule has 3 heteroatoms. The van der Waals surface area contributed by atoms with Crippen molar-refractivity contribution in [3.63, 3.8) is 0 Å². The molecule has 0 aromatic heterocycles. The summed E-state index contributed by atoms with van der Waals surface area (Å²) < 4.78 is 5.80. The predicted octanol–water partition coefficient (Wildman–Crippen LogP) is 2.16. The third-order valence-electron chi connectivity index (χ3n) is 4.62. The van der Waals surface area contributed by atoms with E-state index in [1.165, 1.54) is 24.8 Å². The third-order valence-corrected chi connectivity index (χ3v) is 4.62. The Morgan fingerprint density at radius 3 is 3.05 bits per heavy atom. The summed E-state index contributed by atoms with van der Waals surface area (Å²) in [6.07, 6.45) is 4.17. The molecule has 1 N–H and O–H groups in total. The van der Waals surface area contributed by atoms with E-state index in [9.17, 15) is 0 Å². The molecule has 1 saturated heterocycles. The average Bonchev–Trinajstić information content (AvgIpc) is 2.92. The van der Waals surface area contributed by atoms with Crippen molar-refractivity contribution in [1.29, 1.82) is 0 Å². The lowest BCUT2D eigenvalue weighted by atomic mass is 10.0. The molecule has 1 aliphatic heterocycles. The van der Waals surface area contributed by atoms with Crippen molar-refractivity contribution in [1.82, 2.24) is 10.2 Å². The molecule has 1 fully saturated rings. The molecule has 1 aromatic rings. The molecule has 0 amide bonds. The van der Waals surface area contributed by atoms with E-state index in [2.05, 4.69) is 42.4 Å². The maximum Gasteiger partial charge on any atom is 0.0826 e. The van der Waals surface area contributed by atoms with Crippen LogP contribution < -0.4 is 5.32 Å². The first-order valence-corrected chi connectivity index (χ1v) is 7.87. The van der Waals surface area contributed by atoms with Crippen LogP contribution in [0.2, 0.25) is 0 Å². The van der Waals surface area contributed by atoms with E-state index in [1.807, 2.05) is 0 Å². The van der Waals surface area contributed by atoms with Crippen molar-refractivity contribution in [2.75, 3.05) is 33.3 Å². The molecule has 2 unspecified atom stereocenters. The van der Waals surface area contributed by atoms with E-state index in [-0.39, 0.29) is 0 Å². The second-order valence-electron chi connectivity index (χ2n) is 6.27. The number of aryl methyl sites for hydroxylation is 2. The van der Waals surface area contributed by atoms with Crippen LogP contribution in [0.15, 0.2) is 18.2 Å². The number of ether oxygens (including phenoxy) is 1. The van der Waals surface area contributed by atoms with Crippen molar-refractivity contribution in [2.24, 2.45) is 0 Å². The Balaban J connectivity index is 1.55. The van der Waals surface area contributed by atoms with Gasteiger partial charge in [-0.3, -0.25) is 0 Å². The Morgan fingerprint density at radius 1 is 1.35 bits per heavy atom. The fourth-order valence-electron chi connectivity index (χ4n) is 3.28. The molecule has 3 nitrogen and oxygen atoms in total. The van der Waals surface area contributed by atoms with Gasteiger partial charge in [-0.25, -0.2) is 0 Å². The highest BCUT2D eigenvalue weighted by atomic mass is 16.5. The van der Waals surface area contributed by atoms with E-state index in [0.29, 0.717) is 12.1 Å². The summed E-state index contributed by atoms with van der Waals surface area (Å²) in [5.41, 5.74) is 4.53. The van der Waals surface area contributed by atoms with Gasteiger partial charge in [0.2, 0.25) is 0 Å². The quantitative estimate of drug-likeness (QED) is 0.910. The number of nitrogens with one attached hydrogen (secondary N) is 1. The molecule has 1 heterocycles. The Hall–Kier alpha value is -0.900. The first-order chi connectivity index (χ1) is 9.72. The molecule has 20 heavy (non-hydrogen) atoms. The smallest absolute Gasteiger partial charge is 0.0826 e. The molecular weight excluding hydrogens is 248 g/mol. The number of hydrogen-bond acceptors (Lipinski definition) is 3. The van der Waals surface area contributed by atoms with Gasteiger partial charge in [-0.15, -0.1) is 0 Å². The normalized spacial score (nSPS) is 24.6. The van der Waals surface area contributed by atoms with Crippen LogP contribution in [0, 0.1) is 0 Å². The highest BCUT2D eigenvalue weighted by molar-refractivity contribution is 5.36. The number of hydrogen-bond donors (Lipinski definition) is 1. The molecule has 3 rings (SSSR count). The second-order valence-corrected chi connectivity index (χ2v) is 6.27. The van der Waals surface area contributed by atoms with Crippen LogP contribution in [0.5, 0.6) is 0 Å². The molecule has 1 aromatic carbocycles. The first kappa shape index (κ1) is 14.1. The topological polar surface area (TPSA) is 24.5 Å². The lowest BCUT2D eigenvalue weighted by Crippen LogP contribution is -2.45. The van der Waals surface area contributed by atoms with E-state index < -0.39 is 0 Å². The Morgan fingerprint density at radius 2 is 2.20 bits per heavy atom. The Bertz CT molecular complexity index is 460. The van der Waals surface area contributed by atoms with Gasteiger partial charge < -0.3 is 15.0 Å². The number of fused-ring (bicyclic) bond motifs is 1. The van der Waals surface area contributed by atoms with Gasteiger partial charge >= 0.3 is 0 Å². The molecule has 0 bridgehead atoms. The van der Waals surface area contributed by atoms with Crippen molar-refractivity contribution >= 4 is 0 Å². The number of likely N-dealkylation sites (N-methyl/N-ethyl adjacent to an activating group) is 1. The zero-order chi connectivity index (χ0) is 13.9. The molecule has 1 aliphatic carbocycles. The maximum absolute atomic E-state index is 5.80. The summed E-state index contributed by atoms with van der Waals surface area (Å²) in [7, 11) is 2.17. The van der Waals surface area contributed by atoms with Gasteiger partial charge in [0.05, 0.1) is 12.7 Å². The minimum absolute atomic E-state index is 0.325. The fraction of sp³-hybridized carbons (Fsp3) is 0.647. The number of benzene rings is 1. The SMILES string of the molecule is CC(NCC1CN(C)CCO1)c1ccc2c(c1)CCC2. The predicted molar refractivity (Wildman–Crippen MR) is 82.1 cm³/mol. The van der Waals surface area contributed by atoms with Gasteiger partial charge in [0, 0.05) is 25.7 Å². The molecule has 2 aliphatic rings. The summed E-state index contributed by atoms with van der Waals surface area (Å²) >= 11 is 0. The zero-order valence-electron chi connectivity index (χ0n) is 12.7. The number of nitrogens with zero attached hydrogens (tertiary/aromatic N) is 1. The van der Waals surface area contributed by atoms with Crippen molar-refractivity contribution in [3.05, 3.63) is 34.9 Å². The van der Waals surface area contributed by atoms with Crippen LogP contribution in [-0.4, -0.2) is 44.3 Å². The van der Waals surface area contributed by atoms with Crippen LogP contribution in [0.25, 0.3) is 0 Å². The summed E-state index contributed by atoms with van der Waals surface area (Å²) in [5.74, 6) is 0. The van der Waals surface area contributed by atoms with E-state index in [1.54, 1.807) is 11.1 Å². The van der Waals surface area contributed by atoms with Crippen LogP contribution >= 0.6 is 0 Å². The second kappa shape index (κ2) is 6.25. The largest absolute Gasteiger partial charge is 0.374 e. The van der Waals surface area contributed by atoms with Crippen LogP contribution in [0.1, 0.15) is 36.1 Å². The van der Waals surface area contributed by atoms with Crippen LogP contribution in [0.3, 0.4) is 0 Å². The van der Waals surface area contributed by atoms with Gasteiger partial charge in [0.1, 0.15) is 0 Å². The third kappa shape index (κ3) is 3.22. The minimum Gasteiger partial charge on any atom is -0.374 e. The fourth-order valence-corrected chi connectivity index (χ4v) is 3.28. The van der Waals surface area contributed by atoms with Gasteiger partial charge in [-0.2, -0.15) is 0 Å². The average molecular weight is 274 g/mol. The lowest BCUT2D eigenvalue weighted by Gasteiger charge is -2.31. The molecular formula is C17H26N2O. The van der Waals surface area contributed by atoms with Crippen molar-refractivity contribution in [3.8, 4) is 0 Å². The minimum atomic E-state index is 0.325. The number of morpholine rings is 1.